The number of nitrogens with one attached hydrogen (secondary N) is 1. The average molecular weight is 295 g/mol. The van der Waals surface area contributed by atoms with Gasteiger partial charge in [-0.15, -0.1) is 11.8 Å². The molecule has 1 amide bonds. The Kier molecular flexibility index (Phi) is 7.15. The molecule has 0 aromatic heterocycles. The van der Waals surface area contributed by atoms with Crippen molar-refractivity contribution < 1.29 is 14.7 Å². The van der Waals surface area contributed by atoms with E-state index < -0.39 is 12.0 Å². The van der Waals surface area contributed by atoms with Crippen molar-refractivity contribution in [3.8, 4) is 0 Å². The molecule has 110 valence electrons. The van der Waals surface area contributed by atoms with Crippen molar-refractivity contribution in [1.29, 1.82) is 0 Å². The third-order valence-electron chi connectivity index (χ3n) is 2.88. The Morgan fingerprint density at radius 3 is 2.40 bits per heavy atom. The van der Waals surface area contributed by atoms with Crippen LogP contribution in [0.1, 0.15) is 33.1 Å². The summed E-state index contributed by atoms with van der Waals surface area (Å²) in [6, 6.07) is 8.86. The molecule has 20 heavy (non-hydrogen) atoms. The molecule has 5 heteroatoms. The highest BCUT2D eigenvalue weighted by Gasteiger charge is 2.24. The van der Waals surface area contributed by atoms with E-state index in [1.54, 1.807) is 0 Å². The van der Waals surface area contributed by atoms with E-state index in [0.717, 1.165) is 11.3 Å². The van der Waals surface area contributed by atoms with Gasteiger partial charge in [-0.25, -0.2) is 4.79 Å². The largest absolute Gasteiger partial charge is 0.480 e. The average Bonchev–Trinajstić information content (AvgIpc) is 2.45. The van der Waals surface area contributed by atoms with Crippen molar-refractivity contribution in [3.05, 3.63) is 30.3 Å². The fourth-order valence-electron chi connectivity index (χ4n) is 1.80. The zero-order chi connectivity index (χ0) is 15.0. The summed E-state index contributed by atoms with van der Waals surface area (Å²) in [4.78, 5) is 24.3. The molecule has 0 aliphatic heterocycles. The first kappa shape index (κ1) is 16.6. The number of hydrogen-bond donors (Lipinski definition) is 2. The third-order valence-corrected chi connectivity index (χ3v) is 4.25. The fourth-order valence-corrected chi connectivity index (χ4v) is 2.78. The van der Waals surface area contributed by atoms with Crippen molar-refractivity contribution >= 4 is 23.6 Å². The Morgan fingerprint density at radius 1 is 1.25 bits per heavy atom. The standard InChI is InChI=1S/C15H21NO3S/c1-3-8-12(15(18)19)16-14(17)13(4-2)20-11-9-6-5-7-10-11/h5-7,9-10,12-13H,3-4,8H2,1-2H3,(H,16,17)(H,18,19). The van der Waals surface area contributed by atoms with E-state index >= 15 is 0 Å². The number of hydrogen-bond acceptors (Lipinski definition) is 3. The molecule has 1 rings (SSSR count). The molecule has 2 N–H and O–H groups in total. The third kappa shape index (κ3) is 5.25. The van der Waals surface area contributed by atoms with E-state index in [4.69, 9.17) is 5.11 Å². The highest BCUT2D eigenvalue weighted by atomic mass is 32.2. The summed E-state index contributed by atoms with van der Waals surface area (Å²) in [5.74, 6) is -1.18. The Bertz CT molecular complexity index is 436. The van der Waals surface area contributed by atoms with Crippen molar-refractivity contribution in [3.63, 3.8) is 0 Å². The fraction of sp³-hybridized carbons (Fsp3) is 0.467. The maximum atomic E-state index is 12.2. The number of carbonyl (C=O) groups excluding carboxylic acids is 1. The number of amides is 1. The van der Waals surface area contributed by atoms with Gasteiger partial charge < -0.3 is 10.4 Å². The molecule has 4 nitrogen and oxygen atoms in total. The maximum absolute atomic E-state index is 12.2. The monoisotopic (exact) mass is 295 g/mol. The lowest BCUT2D eigenvalue weighted by atomic mass is 10.1. The van der Waals surface area contributed by atoms with E-state index in [-0.39, 0.29) is 11.2 Å². The number of benzene rings is 1. The molecule has 0 saturated heterocycles. The van der Waals surface area contributed by atoms with E-state index in [1.165, 1.54) is 11.8 Å². The van der Waals surface area contributed by atoms with Gasteiger partial charge >= 0.3 is 5.97 Å². The second-order valence-corrected chi connectivity index (χ2v) is 5.79. The van der Waals surface area contributed by atoms with Gasteiger partial charge in [0.15, 0.2) is 0 Å². The zero-order valence-corrected chi connectivity index (χ0v) is 12.7. The van der Waals surface area contributed by atoms with Crippen LogP contribution in [-0.2, 0) is 9.59 Å². The Labute approximate surface area is 124 Å². The second kappa shape index (κ2) is 8.64. The summed E-state index contributed by atoms with van der Waals surface area (Å²) in [7, 11) is 0. The van der Waals surface area contributed by atoms with Crippen LogP contribution in [-0.4, -0.2) is 28.3 Å². The molecule has 2 unspecified atom stereocenters. The summed E-state index contributed by atoms with van der Waals surface area (Å²) >= 11 is 1.46. The smallest absolute Gasteiger partial charge is 0.326 e. The van der Waals surface area contributed by atoms with Crippen LogP contribution >= 0.6 is 11.8 Å². The van der Waals surface area contributed by atoms with Crippen molar-refractivity contribution in [2.24, 2.45) is 0 Å². The van der Waals surface area contributed by atoms with Crippen LogP contribution in [0.25, 0.3) is 0 Å². The van der Waals surface area contributed by atoms with Gasteiger partial charge in [-0.2, -0.15) is 0 Å². The highest BCUT2D eigenvalue weighted by Crippen LogP contribution is 2.25. The lowest BCUT2D eigenvalue weighted by Crippen LogP contribution is -2.44. The minimum Gasteiger partial charge on any atom is -0.480 e. The topological polar surface area (TPSA) is 66.4 Å². The minimum absolute atomic E-state index is 0.206. The van der Waals surface area contributed by atoms with Crippen LogP contribution in [0.3, 0.4) is 0 Å². The molecule has 0 aliphatic rings. The molecule has 1 aromatic carbocycles. The lowest BCUT2D eigenvalue weighted by Gasteiger charge is -2.18. The summed E-state index contributed by atoms with van der Waals surface area (Å²) in [5.41, 5.74) is 0. The predicted molar refractivity (Wildman–Crippen MR) is 80.9 cm³/mol. The van der Waals surface area contributed by atoms with E-state index in [0.29, 0.717) is 12.8 Å². The van der Waals surface area contributed by atoms with E-state index in [2.05, 4.69) is 5.32 Å². The van der Waals surface area contributed by atoms with Crippen molar-refractivity contribution in [2.75, 3.05) is 0 Å². The molecule has 0 saturated carbocycles. The number of carboxylic acids is 1. The number of carbonyl (C=O) groups is 2. The quantitative estimate of drug-likeness (QED) is 0.724. The lowest BCUT2D eigenvalue weighted by molar-refractivity contribution is -0.141. The van der Waals surface area contributed by atoms with E-state index in [9.17, 15) is 9.59 Å². The minimum atomic E-state index is -0.972. The van der Waals surface area contributed by atoms with E-state index in [1.807, 2.05) is 44.2 Å². The van der Waals surface area contributed by atoms with Crippen LogP contribution in [0.15, 0.2) is 35.2 Å². The Hall–Kier alpha value is -1.49. The second-order valence-electron chi connectivity index (χ2n) is 4.52. The van der Waals surface area contributed by atoms with Gasteiger partial charge in [-0.1, -0.05) is 38.5 Å². The van der Waals surface area contributed by atoms with Gasteiger partial charge in [0, 0.05) is 4.90 Å². The SMILES string of the molecule is CCCC(NC(=O)C(CC)Sc1ccccc1)C(=O)O. The molecule has 0 fully saturated rings. The number of aliphatic carboxylic acids is 1. The first-order valence-electron chi connectivity index (χ1n) is 6.83. The van der Waals surface area contributed by atoms with Gasteiger partial charge in [0.25, 0.3) is 0 Å². The van der Waals surface area contributed by atoms with Gasteiger partial charge in [0.2, 0.25) is 5.91 Å². The van der Waals surface area contributed by atoms with Gasteiger partial charge in [0.1, 0.15) is 6.04 Å². The summed E-state index contributed by atoms with van der Waals surface area (Å²) in [5, 5.41) is 11.4. The molecule has 0 spiro atoms. The Morgan fingerprint density at radius 2 is 1.90 bits per heavy atom. The maximum Gasteiger partial charge on any atom is 0.326 e. The molecule has 0 heterocycles. The van der Waals surface area contributed by atoms with Gasteiger partial charge in [-0.3, -0.25) is 4.79 Å². The molecule has 0 bridgehead atoms. The van der Waals surface area contributed by atoms with Crippen LogP contribution in [0.2, 0.25) is 0 Å². The molecule has 0 radical (unpaired) electrons. The normalized spacial score (nSPS) is 13.5. The zero-order valence-electron chi connectivity index (χ0n) is 11.8. The highest BCUT2D eigenvalue weighted by molar-refractivity contribution is 8.00. The molecular weight excluding hydrogens is 274 g/mol. The summed E-state index contributed by atoms with van der Waals surface area (Å²) < 4.78 is 0. The van der Waals surface area contributed by atoms with Crippen LogP contribution in [0.4, 0.5) is 0 Å². The summed E-state index contributed by atoms with van der Waals surface area (Å²) in [6.07, 6.45) is 1.83. The number of thioether (sulfide) groups is 1. The first-order chi connectivity index (χ1) is 9.58. The molecule has 1 aromatic rings. The Balaban J connectivity index is 2.64. The van der Waals surface area contributed by atoms with Gasteiger partial charge in [0.05, 0.1) is 5.25 Å². The van der Waals surface area contributed by atoms with Crippen LogP contribution < -0.4 is 5.32 Å². The number of carboxylic acid groups (broad SMARTS) is 1. The van der Waals surface area contributed by atoms with Crippen molar-refractivity contribution in [1.82, 2.24) is 5.32 Å². The van der Waals surface area contributed by atoms with Crippen molar-refractivity contribution in [2.45, 2.75) is 49.3 Å². The predicted octanol–water partition coefficient (Wildman–Crippen LogP) is 2.93. The first-order valence-corrected chi connectivity index (χ1v) is 7.71. The molecular formula is C15H21NO3S. The number of rotatable bonds is 8. The van der Waals surface area contributed by atoms with Crippen LogP contribution in [0, 0.1) is 0 Å². The molecule has 2 atom stereocenters. The van der Waals surface area contributed by atoms with Gasteiger partial charge in [-0.05, 0) is 25.0 Å². The van der Waals surface area contributed by atoms with Crippen LogP contribution in [0.5, 0.6) is 0 Å². The summed E-state index contributed by atoms with van der Waals surface area (Å²) in [6.45, 7) is 3.83. The molecule has 0 aliphatic carbocycles.